The molecule has 2 N–H and O–H groups in total. The number of likely N-dealkylation sites (N-methyl/N-ethyl adjacent to an activating group) is 1. The predicted octanol–water partition coefficient (Wildman–Crippen LogP) is 2.65. The summed E-state index contributed by atoms with van der Waals surface area (Å²) in [6.45, 7) is 6.40. The quantitative estimate of drug-likeness (QED) is 0.780. The molecule has 1 saturated carbocycles. The Balaban J connectivity index is 1.90. The summed E-state index contributed by atoms with van der Waals surface area (Å²) in [4.78, 5) is 6.75. The molecule has 0 saturated heterocycles. The molecule has 1 aromatic rings. The monoisotopic (exact) mass is 278 g/mol. The van der Waals surface area contributed by atoms with Crippen molar-refractivity contribution in [3.8, 4) is 0 Å². The van der Waals surface area contributed by atoms with Crippen molar-refractivity contribution in [3.63, 3.8) is 0 Å². The van der Waals surface area contributed by atoms with Gasteiger partial charge in [0.2, 0.25) is 0 Å². The minimum atomic E-state index is 0.264. The summed E-state index contributed by atoms with van der Waals surface area (Å²) in [5, 5.41) is 0. The molecular formula is C16H30N4. The first-order valence-electron chi connectivity index (χ1n) is 8.21. The van der Waals surface area contributed by atoms with Gasteiger partial charge in [0, 0.05) is 37.6 Å². The number of nitrogens with two attached hydrogens (primary N) is 1. The Labute approximate surface area is 123 Å². The van der Waals surface area contributed by atoms with E-state index in [1.807, 2.05) is 18.7 Å². The van der Waals surface area contributed by atoms with Crippen LogP contribution in [0.2, 0.25) is 0 Å². The summed E-state index contributed by atoms with van der Waals surface area (Å²) < 4.78 is 2.16. The zero-order valence-electron chi connectivity index (χ0n) is 12.9. The molecule has 1 aliphatic rings. The number of hydrogen-bond donors (Lipinski definition) is 1. The smallest absolute Gasteiger partial charge is 0.0945 e. The highest BCUT2D eigenvalue weighted by Crippen LogP contribution is 2.31. The van der Waals surface area contributed by atoms with Gasteiger partial charge in [-0.1, -0.05) is 32.6 Å². The highest BCUT2D eigenvalue weighted by atomic mass is 15.2. The third-order valence-electron chi connectivity index (χ3n) is 4.87. The first-order valence-corrected chi connectivity index (χ1v) is 8.21. The van der Waals surface area contributed by atoms with Gasteiger partial charge >= 0.3 is 0 Å². The second kappa shape index (κ2) is 7.79. The van der Waals surface area contributed by atoms with E-state index in [0.29, 0.717) is 0 Å². The standard InChI is InChI=1S/C16H30N4/c1-2-20(12-7-11-19-13-10-18-15-19)16(14-17)8-5-3-4-6-9-16/h10,13,15H,2-9,11-12,14,17H2,1H3. The van der Waals surface area contributed by atoms with Crippen LogP contribution in [0.3, 0.4) is 0 Å². The Kier molecular flexibility index (Phi) is 6.05. The van der Waals surface area contributed by atoms with Gasteiger partial charge in [0.1, 0.15) is 0 Å². The lowest BCUT2D eigenvalue weighted by Gasteiger charge is -2.43. The highest BCUT2D eigenvalue weighted by Gasteiger charge is 2.34. The van der Waals surface area contributed by atoms with Gasteiger partial charge in [-0.3, -0.25) is 4.90 Å². The van der Waals surface area contributed by atoms with E-state index in [1.54, 1.807) is 0 Å². The van der Waals surface area contributed by atoms with Crippen molar-refractivity contribution in [1.82, 2.24) is 14.5 Å². The minimum absolute atomic E-state index is 0.264. The van der Waals surface area contributed by atoms with Crippen molar-refractivity contribution in [3.05, 3.63) is 18.7 Å². The van der Waals surface area contributed by atoms with Gasteiger partial charge in [0.15, 0.2) is 0 Å². The zero-order chi connectivity index (χ0) is 14.3. The van der Waals surface area contributed by atoms with E-state index < -0.39 is 0 Å². The van der Waals surface area contributed by atoms with Gasteiger partial charge in [-0.15, -0.1) is 0 Å². The lowest BCUT2D eigenvalue weighted by atomic mass is 9.88. The van der Waals surface area contributed by atoms with Crippen LogP contribution in [0.5, 0.6) is 0 Å². The summed E-state index contributed by atoms with van der Waals surface area (Å²) in [7, 11) is 0. The van der Waals surface area contributed by atoms with Gasteiger partial charge in [0.25, 0.3) is 0 Å². The first-order chi connectivity index (χ1) is 9.80. The molecule has 1 heterocycles. The Morgan fingerprint density at radius 3 is 2.55 bits per heavy atom. The fourth-order valence-corrected chi connectivity index (χ4v) is 3.63. The Bertz CT molecular complexity index is 353. The van der Waals surface area contributed by atoms with Crippen LogP contribution in [0.1, 0.15) is 51.9 Å². The van der Waals surface area contributed by atoms with Crippen LogP contribution in [0, 0.1) is 0 Å². The van der Waals surface area contributed by atoms with Gasteiger partial charge in [0.05, 0.1) is 6.33 Å². The molecule has 1 aliphatic carbocycles. The molecule has 1 fully saturated rings. The number of nitrogens with zero attached hydrogens (tertiary/aromatic N) is 3. The molecule has 2 rings (SSSR count). The van der Waals surface area contributed by atoms with Crippen molar-refractivity contribution in [2.45, 2.75) is 64.0 Å². The molecule has 0 unspecified atom stereocenters. The third-order valence-corrected chi connectivity index (χ3v) is 4.87. The van der Waals surface area contributed by atoms with Crippen LogP contribution in [0.4, 0.5) is 0 Å². The highest BCUT2D eigenvalue weighted by molar-refractivity contribution is 4.92. The van der Waals surface area contributed by atoms with E-state index in [9.17, 15) is 0 Å². The van der Waals surface area contributed by atoms with Crippen LogP contribution < -0.4 is 5.73 Å². The Hall–Kier alpha value is -0.870. The lowest BCUT2D eigenvalue weighted by Crippen LogP contribution is -2.54. The molecule has 4 heteroatoms. The molecule has 0 radical (unpaired) electrons. The molecule has 0 aliphatic heterocycles. The molecule has 0 aromatic carbocycles. The van der Waals surface area contributed by atoms with E-state index in [2.05, 4.69) is 21.4 Å². The molecule has 0 spiro atoms. The summed E-state index contributed by atoms with van der Waals surface area (Å²) in [5.74, 6) is 0. The van der Waals surface area contributed by atoms with Crippen molar-refractivity contribution in [1.29, 1.82) is 0 Å². The maximum atomic E-state index is 6.19. The van der Waals surface area contributed by atoms with Crippen LogP contribution in [-0.4, -0.2) is 39.6 Å². The first kappa shape index (κ1) is 15.5. The summed E-state index contributed by atoms with van der Waals surface area (Å²) in [6, 6.07) is 0. The fraction of sp³-hybridized carbons (Fsp3) is 0.812. The van der Waals surface area contributed by atoms with Crippen molar-refractivity contribution < 1.29 is 0 Å². The van der Waals surface area contributed by atoms with E-state index >= 15 is 0 Å². The molecule has 20 heavy (non-hydrogen) atoms. The van der Waals surface area contributed by atoms with Crippen LogP contribution >= 0.6 is 0 Å². The van der Waals surface area contributed by atoms with E-state index in [0.717, 1.165) is 26.2 Å². The molecular weight excluding hydrogens is 248 g/mol. The molecule has 1 aromatic heterocycles. The maximum Gasteiger partial charge on any atom is 0.0945 e. The van der Waals surface area contributed by atoms with E-state index in [-0.39, 0.29) is 5.54 Å². The minimum Gasteiger partial charge on any atom is -0.337 e. The molecule has 4 nitrogen and oxygen atoms in total. The van der Waals surface area contributed by atoms with Crippen molar-refractivity contribution in [2.24, 2.45) is 5.73 Å². The van der Waals surface area contributed by atoms with Crippen LogP contribution in [-0.2, 0) is 6.54 Å². The Morgan fingerprint density at radius 1 is 1.25 bits per heavy atom. The number of hydrogen-bond acceptors (Lipinski definition) is 3. The maximum absolute atomic E-state index is 6.19. The largest absolute Gasteiger partial charge is 0.337 e. The van der Waals surface area contributed by atoms with Crippen LogP contribution in [0.25, 0.3) is 0 Å². The van der Waals surface area contributed by atoms with Crippen molar-refractivity contribution >= 4 is 0 Å². The molecule has 0 amide bonds. The predicted molar refractivity (Wildman–Crippen MR) is 83.6 cm³/mol. The summed E-state index contributed by atoms with van der Waals surface area (Å²) in [5.41, 5.74) is 6.46. The van der Waals surface area contributed by atoms with Gasteiger partial charge in [-0.05, 0) is 25.8 Å². The number of aromatic nitrogens is 2. The van der Waals surface area contributed by atoms with E-state index in [1.165, 1.54) is 44.9 Å². The summed E-state index contributed by atoms with van der Waals surface area (Å²) >= 11 is 0. The Morgan fingerprint density at radius 2 is 2.00 bits per heavy atom. The zero-order valence-corrected chi connectivity index (χ0v) is 12.9. The van der Waals surface area contributed by atoms with Crippen LogP contribution in [0.15, 0.2) is 18.7 Å². The average molecular weight is 278 g/mol. The molecule has 114 valence electrons. The number of aryl methyl sites for hydroxylation is 1. The number of imidazole rings is 1. The third kappa shape index (κ3) is 3.83. The summed E-state index contributed by atoms with van der Waals surface area (Å²) in [6.07, 6.45) is 15.0. The van der Waals surface area contributed by atoms with Gasteiger partial charge in [-0.2, -0.15) is 0 Å². The molecule has 0 bridgehead atoms. The normalized spacial score (nSPS) is 19.1. The second-order valence-electron chi connectivity index (χ2n) is 6.08. The average Bonchev–Trinajstić information content (AvgIpc) is 2.87. The fourth-order valence-electron chi connectivity index (χ4n) is 3.63. The van der Waals surface area contributed by atoms with Gasteiger partial charge < -0.3 is 10.3 Å². The topological polar surface area (TPSA) is 47.1 Å². The SMILES string of the molecule is CCN(CCCn1ccnc1)C1(CN)CCCCCC1. The second-order valence-corrected chi connectivity index (χ2v) is 6.08. The van der Waals surface area contributed by atoms with Gasteiger partial charge in [-0.25, -0.2) is 4.98 Å². The van der Waals surface area contributed by atoms with Crippen molar-refractivity contribution in [2.75, 3.05) is 19.6 Å². The lowest BCUT2D eigenvalue weighted by molar-refractivity contribution is 0.0808. The molecule has 0 atom stereocenters. The number of rotatable bonds is 7. The van der Waals surface area contributed by atoms with E-state index in [4.69, 9.17) is 5.73 Å².